The van der Waals surface area contributed by atoms with Crippen molar-refractivity contribution < 1.29 is 0 Å². The van der Waals surface area contributed by atoms with E-state index in [1.54, 1.807) is 0 Å². The van der Waals surface area contributed by atoms with Gasteiger partial charge in [-0.1, -0.05) is 19.9 Å². The zero-order valence-corrected chi connectivity index (χ0v) is 8.89. The normalized spacial score (nSPS) is 10.8. The van der Waals surface area contributed by atoms with E-state index in [9.17, 15) is 0 Å². The molecule has 13 heavy (non-hydrogen) atoms. The molecule has 1 N–H and O–H groups in total. The highest BCUT2D eigenvalue weighted by molar-refractivity contribution is 5.20. The molecule has 1 rings (SSSR count). The van der Waals surface area contributed by atoms with E-state index in [0.29, 0.717) is 6.04 Å². The molecular formula is C11H18N2. The van der Waals surface area contributed by atoms with E-state index in [0.717, 1.165) is 17.9 Å². The van der Waals surface area contributed by atoms with Crippen LogP contribution in [0.4, 0.5) is 0 Å². The van der Waals surface area contributed by atoms with Crippen molar-refractivity contribution >= 4 is 0 Å². The quantitative estimate of drug-likeness (QED) is 0.767. The Hall–Kier alpha value is -0.890. The number of nitrogens with zero attached hydrogens (tertiary/aromatic N) is 1. The number of rotatable bonds is 3. The van der Waals surface area contributed by atoms with Crippen molar-refractivity contribution in [1.82, 2.24) is 10.3 Å². The predicted octanol–water partition coefficient (Wildman–Crippen LogP) is 2.20. The molecule has 1 aromatic rings. The van der Waals surface area contributed by atoms with E-state index < -0.39 is 0 Å². The van der Waals surface area contributed by atoms with Gasteiger partial charge in [-0.2, -0.15) is 0 Å². The lowest BCUT2D eigenvalue weighted by Crippen LogP contribution is -2.22. The number of aryl methyl sites for hydroxylation is 2. The molecule has 0 fully saturated rings. The second-order valence-corrected chi connectivity index (χ2v) is 3.74. The van der Waals surface area contributed by atoms with E-state index in [1.165, 1.54) is 5.56 Å². The van der Waals surface area contributed by atoms with Crippen molar-refractivity contribution in [3.8, 4) is 0 Å². The van der Waals surface area contributed by atoms with Crippen LogP contribution in [0.1, 0.15) is 30.8 Å². The molecule has 0 aliphatic heterocycles. The van der Waals surface area contributed by atoms with Crippen molar-refractivity contribution in [3.05, 3.63) is 29.1 Å². The molecule has 1 heterocycles. The van der Waals surface area contributed by atoms with Gasteiger partial charge in [0.1, 0.15) is 0 Å². The lowest BCUT2D eigenvalue weighted by molar-refractivity contribution is 0.580. The Bertz CT molecular complexity index is 279. The van der Waals surface area contributed by atoms with Crippen LogP contribution in [-0.4, -0.2) is 11.0 Å². The van der Waals surface area contributed by atoms with Gasteiger partial charge in [-0.3, -0.25) is 4.98 Å². The summed E-state index contributed by atoms with van der Waals surface area (Å²) in [5, 5.41) is 3.35. The molecule has 0 amide bonds. The highest BCUT2D eigenvalue weighted by Gasteiger charge is 1.98. The lowest BCUT2D eigenvalue weighted by Gasteiger charge is -2.08. The van der Waals surface area contributed by atoms with Crippen LogP contribution in [0.5, 0.6) is 0 Å². The van der Waals surface area contributed by atoms with Crippen LogP contribution < -0.4 is 5.32 Å². The summed E-state index contributed by atoms with van der Waals surface area (Å²) < 4.78 is 0. The summed E-state index contributed by atoms with van der Waals surface area (Å²) in [5.41, 5.74) is 3.51. The summed E-state index contributed by atoms with van der Waals surface area (Å²) in [6.45, 7) is 9.27. The number of aromatic nitrogens is 1. The number of pyridine rings is 1. The summed E-state index contributed by atoms with van der Waals surface area (Å²) in [7, 11) is 0. The van der Waals surface area contributed by atoms with Gasteiger partial charge in [0, 0.05) is 18.3 Å². The molecule has 0 bridgehead atoms. The van der Waals surface area contributed by atoms with Crippen LogP contribution in [0, 0.1) is 13.8 Å². The van der Waals surface area contributed by atoms with Gasteiger partial charge in [0.05, 0.1) is 5.69 Å². The van der Waals surface area contributed by atoms with Crippen molar-refractivity contribution in [2.45, 2.75) is 40.3 Å². The van der Waals surface area contributed by atoms with Crippen LogP contribution in [0.3, 0.4) is 0 Å². The second-order valence-electron chi connectivity index (χ2n) is 3.74. The molecule has 2 nitrogen and oxygen atoms in total. The fourth-order valence-electron chi connectivity index (χ4n) is 1.09. The molecule has 0 atom stereocenters. The van der Waals surface area contributed by atoms with Crippen LogP contribution in [0.25, 0.3) is 0 Å². The standard InChI is InChI=1S/C11H18N2/c1-8(2)12-7-11-6-5-9(3)10(4)13-11/h5-6,8,12H,7H2,1-4H3. The van der Waals surface area contributed by atoms with Crippen molar-refractivity contribution in [3.63, 3.8) is 0 Å². The topological polar surface area (TPSA) is 24.9 Å². The fraction of sp³-hybridized carbons (Fsp3) is 0.545. The smallest absolute Gasteiger partial charge is 0.0545 e. The Balaban J connectivity index is 2.63. The van der Waals surface area contributed by atoms with Crippen molar-refractivity contribution in [1.29, 1.82) is 0 Å². The molecule has 0 saturated heterocycles. The average Bonchev–Trinajstić information content (AvgIpc) is 2.07. The van der Waals surface area contributed by atoms with Crippen LogP contribution in [0.15, 0.2) is 12.1 Å². The SMILES string of the molecule is Cc1ccc(CNC(C)C)nc1C. The highest BCUT2D eigenvalue weighted by Crippen LogP contribution is 2.04. The van der Waals surface area contributed by atoms with E-state index in [2.05, 4.69) is 43.2 Å². The summed E-state index contributed by atoms with van der Waals surface area (Å²) >= 11 is 0. The monoisotopic (exact) mass is 178 g/mol. The van der Waals surface area contributed by atoms with Gasteiger partial charge in [0.25, 0.3) is 0 Å². The minimum absolute atomic E-state index is 0.517. The molecule has 0 aliphatic rings. The molecular weight excluding hydrogens is 160 g/mol. The Morgan fingerprint density at radius 3 is 2.54 bits per heavy atom. The summed E-state index contributed by atoms with van der Waals surface area (Å²) in [5.74, 6) is 0. The maximum absolute atomic E-state index is 4.48. The van der Waals surface area contributed by atoms with Crippen LogP contribution in [0.2, 0.25) is 0 Å². The fourth-order valence-corrected chi connectivity index (χ4v) is 1.09. The maximum atomic E-state index is 4.48. The largest absolute Gasteiger partial charge is 0.309 e. The van der Waals surface area contributed by atoms with Crippen molar-refractivity contribution in [2.75, 3.05) is 0 Å². The first kappa shape index (κ1) is 10.2. The Morgan fingerprint density at radius 1 is 1.31 bits per heavy atom. The summed E-state index contributed by atoms with van der Waals surface area (Å²) in [4.78, 5) is 4.48. The van der Waals surface area contributed by atoms with E-state index in [-0.39, 0.29) is 0 Å². The third-order valence-electron chi connectivity index (χ3n) is 2.10. The van der Waals surface area contributed by atoms with Gasteiger partial charge < -0.3 is 5.32 Å². The Labute approximate surface area is 80.4 Å². The zero-order valence-electron chi connectivity index (χ0n) is 8.89. The second kappa shape index (κ2) is 4.38. The minimum atomic E-state index is 0.517. The molecule has 0 spiro atoms. The first-order chi connectivity index (χ1) is 6.09. The average molecular weight is 178 g/mol. The molecule has 0 aliphatic carbocycles. The predicted molar refractivity (Wildman–Crippen MR) is 55.7 cm³/mol. The molecule has 0 unspecified atom stereocenters. The van der Waals surface area contributed by atoms with Crippen LogP contribution >= 0.6 is 0 Å². The van der Waals surface area contributed by atoms with Gasteiger partial charge in [-0.15, -0.1) is 0 Å². The number of hydrogen-bond donors (Lipinski definition) is 1. The van der Waals surface area contributed by atoms with E-state index in [1.807, 2.05) is 6.92 Å². The van der Waals surface area contributed by atoms with Crippen LogP contribution in [-0.2, 0) is 6.54 Å². The Kier molecular flexibility index (Phi) is 3.43. The molecule has 0 radical (unpaired) electrons. The summed E-state index contributed by atoms with van der Waals surface area (Å²) in [6.07, 6.45) is 0. The molecule has 1 aromatic heterocycles. The maximum Gasteiger partial charge on any atom is 0.0545 e. The van der Waals surface area contributed by atoms with Gasteiger partial charge in [-0.05, 0) is 25.5 Å². The molecule has 0 aromatic carbocycles. The number of nitrogens with one attached hydrogen (secondary N) is 1. The Morgan fingerprint density at radius 2 is 2.00 bits per heavy atom. The zero-order chi connectivity index (χ0) is 9.84. The first-order valence-electron chi connectivity index (χ1n) is 4.76. The molecule has 72 valence electrons. The number of hydrogen-bond acceptors (Lipinski definition) is 2. The molecule has 0 saturated carbocycles. The van der Waals surface area contributed by atoms with Gasteiger partial charge >= 0.3 is 0 Å². The first-order valence-corrected chi connectivity index (χ1v) is 4.76. The van der Waals surface area contributed by atoms with E-state index >= 15 is 0 Å². The third kappa shape index (κ3) is 3.15. The highest BCUT2D eigenvalue weighted by atomic mass is 14.9. The van der Waals surface area contributed by atoms with Gasteiger partial charge in [0.2, 0.25) is 0 Å². The van der Waals surface area contributed by atoms with Gasteiger partial charge in [0.15, 0.2) is 0 Å². The van der Waals surface area contributed by atoms with Gasteiger partial charge in [-0.25, -0.2) is 0 Å². The van der Waals surface area contributed by atoms with Crippen molar-refractivity contribution in [2.24, 2.45) is 0 Å². The lowest BCUT2D eigenvalue weighted by atomic mass is 10.2. The molecule has 2 heteroatoms. The third-order valence-corrected chi connectivity index (χ3v) is 2.10. The van der Waals surface area contributed by atoms with E-state index in [4.69, 9.17) is 0 Å². The summed E-state index contributed by atoms with van der Waals surface area (Å²) in [6, 6.07) is 4.72. The minimum Gasteiger partial charge on any atom is -0.309 e.